The van der Waals surface area contributed by atoms with E-state index in [0.717, 1.165) is 15.9 Å². The van der Waals surface area contributed by atoms with Crippen LogP contribution in [0.3, 0.4) is 0 Å². The summed E-state index contributed by atoms with van der Waals surface area (Å²) in [5, 5.41) is 0. The van der Waals surface area contributed by atoms with Gasteiger partial charge in [-0.3, -0.25) is 0 Å². The molecule has 7 heteroatoms. The summed E-state index contributed by atoms with van der Waals surface area (Å²) >= 11 is 4.83. The Hall–Kier alpha value is 0.0200. The molecule has 92 valence electrons. The maximum absolute atomic E-state index is 11.3. The van der Waals surface area contributed by atoms with Crippen LogP contribution in [-0.2, 0) is 16.4 Å². The summed E-state index contributed by atoms with van der Waals surface area (Å²) in [6, 6.07) is 0. The third-order valence-corrected chi connectivity index (χ3v) is 5.64. The van der Waals surface area contributed by atoms with Crippen molar-refractivity contribution in [1.29, 1.82) is 0 Å². The van der Waals surface area contributed by atoms with Crippen molar-refractivity contribution < 1.29 is 8.42 Å². The molecule has 0 aliphatic heterocycles. The van der Waals surface area contributed by atoms with Gasteiger partial charge in [0.15, 0.2) is 9.84 Å². The van der Waals surface area contributed by atoms with Gasteiger partial charge in [-0.15, -0.1) is 0 Å². The molecule has 0 amide bonds. The Morgan fingerprint density at radius 1 is 1.56 bits per heavy atom. The quantitative estimate of drug-likeness (QED) is 0.799. The molecule has 1 aromatic rings. The lowest BCUT2D eigenvalue weighted by Gasteiger charge is -2.15. The average Bonchev–Trinajstić information content (AvgIpc) is 2.62. The van der Waals surface area contributed by atoms with Gasteiger partial charge in [0.25, 0.3) is 0 Å². The number of aromatic nitrogens is 1. The van der Waals surface area contributed by atoms with Gasteiger partial charge in [-0.2, -0.15) is 4.37 Å². The zero-order chi connectivity index (χ0) is 12.2. The summed E-state index contributed by atoms with van der Waals surface area (Å²) in [7, 11) is -0.955. The third-order valence-electron chi connectivity index (χ3n) is 2.23. The van der Waals surface area contributed by atoms with Gasteiger partial charge in [0.2, 0.25) is 0 Å². The van der Waals surface area contributed by atoms with Gasteiger partial charge in [0.05, 0.1) is 21.3 Å². The van der Waals surface area contributed by atoms with Crippen LogP contribution < -0.4 is 0 Å². The number of nitrogens with zero attached hydrogens (tertiary/aromatic N) is 2. The minimum Gasteiger partial charge on any atom is -0.300 e. The van der Waals surface area contributed by atoms with Crippen LogP contribution in [0.5, 0.6) is 0 Å². The summed E-state index contributed by atoms with van der Waals surface area (Å²) in [5.41, 5.74) is 0. The Morgan fingerprint density at radius 2 is 2.25 bits per heavy atom. The van der Waals surface area contributed by atoms with Gasteiger partial charge < -0.3 is 4.90 Å². The van der Waals surface area contributed by atoms with E-state index in [4.69, 9.17) is 0 Å². The Balaban J connectivity index is 2.43. The highest BCUT2D eigenvalue weighted by Crippen LogP contribution is 2.21. The van der Waals surface area contributed by atoms with E-state index in [1.165, 1.54) is 11.5 Å². The summed E-state index contributed by atoms with van der Waals surface area (Å²) in [4.78, 5) is 3.11. The second-order valence-electron chi connectivity index (χ2n) is 3.57. The second-order valence-corrected chi connectivity index (χ2v) is 7.78. The van der Waals surface area contributed by atoms with Crippen LogP contribution in [0.4, 0.5) is 0 Å². The molecule has 0 spiro atoms. The van der Waals surface area contributed by atoms with Crippen LogP contribution >= 0.6 is 27.5 Å². The first-order chi connectivity index (χ1) is 7.44. The number of rotatable bonds is 6. The van der Waals surface area contributed by atoms with Crippen LogP contribution in [0.15, 0.2) is 10.7 Å². The van der Waals surface area contributed by atoms with Crippen molar-refractivity contribution in [3.05, 3.63) is 15.5 Å². The second kappa shape index (κ2) is 6.09. The molecule has 0 saturated heterocycles. The summed E-state index contributed by atoms with van der Waals surface area (Å²) < 4.78 is 27.7. The molecule has 0 radical (unpaired) electrons. The molecule has 0 bridgehead atoms. The summed E-state index contributed by atoms with van der Waals surface area (Å²) in [5.74, 6) is 0.432. The van der Waals surface area contributed by atoms with Gasteiger partial charge in [0.1, 0.15) is 0 Å². The molecule has 16 heavy (non-hydrogen) atoms. The lowest BCUT2D eigenvalue weighted by atomic mass is 10.4. The van der Waals surface area contributed by atoms with Gasteiger partial charge >= 0.3 is 0 Å². The topological polar surface area (TPSA) is 50.3 Å². The van der Waals surface area contributed by atoms with Crippen molar-refractivity contribution in [2.45, 2.75) is 13.5 Å². The smallest absolute Gasteiger partial charge is 0.151 e. The van der Waals surface area contributed by atoms with Crippen LogP contribution in [0.25, 0.3) is 0 Å². The van der Waals surface area contributed by atoms with E-state index in [2.05, 4.69) is 20.3 Å². The van der Waals surface area contributed by atoms with Gasteiger partial charge in [-0.25, -0.2) is 8.42 Å². The fourth-order valence-corrected chi connectivity index (χ4v) is 3.28. The van der Waals surface area contributed by atoms with Crippen LogP contribution in [-0.4, -0.2) is 42.8 Å². The van der Waals surface area contributed by atoms with Gasteiger partial charge in [-0.1, -0.05) is 6.92 Å². The SMILES string of the molecule is CCS(=O)(=O)CCN(C)Cc1sncc1Br. The van der Waals surface area contributed by atoms with Crippen molar-refractivity contribution in [3.8, 4) is 0 Å². The Kier molecular flexibility index (Phi) is 5.36. The summed E-state index contributed by atoms with van der Waals surface area (Å²) in [6.45, 7) is 2.96. The van der Waals surface area contributed by atoms with Gasteiger partial charge in [0, 0.05) is 18.8 Å². The first-order valence-electron chi connectivity index (χ1n) is 4.92. The Bertz CT molecular complexity index is 430. The van der Waals surface area contributed by atoms with E-state index in [9.17, 15) is 8.42 Å². The van der Waals surface area contributed by atoms with E-state index >= 15 is 0 Å². The Labute approximate surface area is 109 Å². The highest BCUT2D eigenvalue weighted by atomic mass is 79.9. The zero-order valence-corrected chi connectivity index (χ0v) is 12.5. The maximum atomic E-state index is 11.3. The molecular formula is C9H15BrN2O2S2. The van der Waals surface area contributed by atoms with Crippen molar-refractivity contribution in [2.24, 2.45) is 0 Å². The van der Waals surface area contributed by atoms with Crippen LogP contribution in [0.2, 0.25) is 0 Å². The third kappa shape index (κ3) is 4.48. The molecule has 0 aromatic carbocycles. The lowest BCUT2D eigenvalue weighted by Crippen LogP contribution is -2.25. The number of halogens is 1. The molecular weight excluding hydrogens is 312 g/mol. The fraction of sp³-hybridized carbons (Fsp3) is 0.667. The predicted molar refractivity (Wildman–Crippen MR) is 70.5 cm³/mol. The number of hydrogen-bond donors (Lipinski definition) is 0. The number of sulfone groups is 1. The van der Waals surface area contributed by atoms with Gasteiger partial charge in [-0.05, 0) is 34.5 Å². The van der Waals surface area contributed by atoms with E-state index < -0.39 is 9.84 Å². The van der Waals surface area contributed by atoms with Crippen molar-refractivity contribution >= 4 is 37.3 Å². The molecule has 1 heterocycles. The van der Waals surface area contributed by atoms with Crippen LogP contribution in [0.1, 0.15) is 11.8 Å². The minimum atomic E-state index is -2.87. The lowest BCUT2D eigenvalue weighted by molar-refractivity contribution is 0.348. The van der Waals surface area contributed by atoms with Crippen molar-refractivity contribution in [2.75, 3.05) is 25.1 Å². The highest BCUT2D eigenvalue weighted by Gasteiger charge is 2.11. The number of hydrogen-bond acceptors (Lipinski definition) is 5. The van der Waals surface area contributed by atoms with E-state index in [1.807, 2.05) is 11.9 Å². The maximum Gasteiger partial charge on any atom is 0.151 e. The minimum absolute atomic E-state index is 0.213. The van der Waals surface area contributed by atoms with E-state index in [1.54, 1.807) is 13.1 Å². The van der Waals surface area contributed by atoms with Crippen LogP contribution in [0, 0.1) is 0 Å². The molecule has 1 aromatic heterocycles. The largest absolute Gasteiger partial charge is 0.300 e. The molecule has 0 fully saturated rings. The standard InChI is InChI=1S/C9H15BrN2O2S2/c1-3-16(13,14)5-4-12(2)7-9-8(10)6-11-15-9/h6H,3-5,7H2,1-2H3. The molecule has 0 saturated carbocycles. The van der Waals surface area contributed by atoms with Crippen molar-refractivity contribution in [1.82, 2.24) is 9.27 Å². The molecule has 0 aliphatic carbocycles. The summed E-state index contributed by atoms with van der Waals surface area (Å²) in [6.07, 6.45) is 1.76. The normalized spacial score (nSPS) is 12.2. The first-order valence-corrected chi connectivity index (χ1v) is 8.31. The molecule has 0 atom stereocenters. The molecule has 1 rings (SSSR count). The molecule has 0 unspecified atom stereocenters. The highest BCUT2D eigenvalue weighted by molar-refractivity contribution is 9.10. The Morgan fingerprint density at radius 3 is 2.75 bits per heavy atom. The molecule has 0 aliphatic rings. The zero-order valence-electron chi connectivity index (χ0n) is 9.31. The average molecular weight is 327 g/mol. The monoisotopic (exact) mass is 326 g/mol. The van der Waals surface area contributed by atoms with E-state index in [-0.39, 0.29) is 11.5 Å². The predicted octanol–water partition coefficient (Wildman–Crippen LogP) is 1.77. The van der Waals surface area contributed by atoms with Crippen molar-refractivity contribution in [3.63, 3.8) is 0 Å². The molecule has 4 nitrogen and oxygen atoms in total. The fourth-order valence-electron chi connectivity index (χ4n) is 1.12. The van der Waals surface area contributed by atoms with E-state index in [0.29, 0.717) is 6.54 Å². The first kappa shape index (κ1) is 14.1. The molecule has 0 N–H and O–H groups in total.